The zero-order valence-corrected chi connectivity index (χ0v) is 16.5. The summed E-state index contributed by atoms with van der Waals surface area (Å²) < 4.78 is 40.6. The number of fused-ring (bicyclic) bond motifs is 1. The Morgan fingerprint density at radius 2 is 1.43 bits per heavy atom. The van der Waals surface area contributed by atoms with Crippen molar-refractivity contribution in [2.24, 2.45) is 14.1 Å². The van der Waals surface area contributed by atoms with Crippen molar-refractivity contribution in [2.75, 3.05) is 18.9 Å². The summed E-state index contributed by atoms with van der Waals surface area (Å²) in [6.07, 6.45) is 0. The highest BCUT2D eigenvalue weighted by Gasteiger charge is 2.18. The summed E-state index contributed by atoms with van der Waals surface area (Å²) in [5, 5.41) is 0. The molecule has 1 heterocycles. The van der Waals surface area contributed by atoms with Crippen molar-refractivity contribution in [1.82, 2.24) is 9.13 Å². The number of methoxy groups -OCH3 is 2. The summed E-state index contributed by atoms with van der Waals surface area (Å²) in [5.41, 5.74) is -0.194. The molecule has 0 aliphatic heterocycles. The minimum absolute atomic E-state index is 0.0143. The third-order valence-corrected chi connectivity index (χ3v) is 5.79. The standard InChI is InChI=1S/C18H19N3O6S/c1-20-13-7-5-11(9-14(13)21(2)18(23)17(20)22)19-28(24,25)12-6-8-15(26-3)16(10-12)27-4/h5-10,19H,1-4H3. The van der Waals surface area contributed by atoms with E-state index in [1.165, 1.54) is 67.8 Å². The van der Waals surface area contributed by atoms with Crippen LogP contribution in [0.2, 0.25) is 0 Å². The highest BCUT2D eigenvalue weighted by atomic mass is 32.2. The van der Waals surface area contributed by atoms with Crippen LogP contribution in [0.3, 0.4) is 0 Å². The molecule has 0 saturated carbocycles. The maximum atomic E-state index is 12.7. The van der Waals surface area contributed by atoms with Crippen molar-refractivity contribution >= 4 is 26.7 Å². The van der Waals surface area contributed by atoms with E-state index in [9.17, 15) is 18.0 Å². The van der Waals surface area contributed by atoms with Gasteiger partial charge in [0.05, 0.1) is 35.8 Å². The molecule has 10 heteroatoms. The van der Waals surface area contributed by atoms with E-state index in [4.69, 9.17) is 9.47 Å². The van der Waals surface area contributed by atoms with Gasteiger partial charge in [0.2, 0.25) is 0 Å². The Bertz CT molecular complexity index is 1290. The van der Waals surface area contributed by atoms with E-state index in [1.54, 1.807) is 6.07 Å². The van der Waals surface area contributed by atoms with Crippen LogP contribution in [-0.2, 0) is 24.1 Å². The van der Waals surface area contributed by atoms with Gasteiger partial charge < -0.3 is 18.6 Å². The number of anilines is 1. The fourth-order valence-corrected chi connectivity index (χ4v) is 3.91. The number of aryl methyl sites for hydroxylation is 2. The van der Waals surface area contributed by atoms with Crippen LogP contribution in [0.5, 0.6) is 11.5 Å². The number of hydrogen-bond acceptors (Lipinski definition) is 6. The number of benzene rings is 2. The van der Waals surface area contributed by atoms with E-state index < -0.39 is 21.1 Å². The molecule has 0 bridgehead atoms. The number of nitrogens with one attached hydrogen (secondary N) is 1. The average molecular weight is 405 g/mol. The summed E-state index contributed by atoms with van der Waals surface area (Å²) in [6, 6.07) is 8.82. The first kappa shape index (κ1) is 19.5. The van der Waals surface area contributed by atoms with Crippen molar-refractivity contribution in [3.05, 3.63) is 57.1 Å². The van der Waals surface area contributed by atoms with Crippen LogP contribution in [0.4, 0.5) is 5.69 Å². The molecule has 0 unspecified atom stereocenters. The molecule has 0 radical (unpaired) electrons. The number of aromatic nitrogens is 2. The van der Waals surface area contributed by atoms with Crippen molar-refractivity contribution in [3.8, 4) is 11.5 Å². The van der Waals surface area contributed by atoms with Crippen LogP contribution in [0, 0.1) is 0 Å². The fraction of sp³-hybridized carbons (Fsp3) is 0.222. The zero-order valence-electron chi connectivity index (χ0n) is 15.7. The van der Waals surface area contributed by atoms with Crippen LogP contribution >= 0.6 is 0 Å². The molecular formula is C18H19N3O6S. The van der Waals surface area contributed by atoms with Gasteiger partial charge in [0.1, 0.15) is 0 Å². The van der Waals surface area contributed by atoms with E-state index in [2.05, 4.69) is 4.72 Å². The first-order valence-electron chi connectivity index (χ1n) is 8.14. The molecule has 3 rings (SSSR count). The van der Waals surface area contributed by atoms with Crippen LogP contribution in [0.1, 0.15) is 0 Å². The van der Waals surface area contributed by atoms with Gasteiger partial charge >= 0.3 is 11.1 Å². The Kier molecular flexibility index (Phi) is 4.90. The molecule has 0 aliphatic rings. The lowest BCUT2D eigenvalue weighted by atomic mass is 10.2. The number of rotatable bonds is 5. The summed E-state index contributed by atoms with van der Waals surface area (Å²) in [7, 11) is 1.89. The van der Waals surface area contributed by atoms with Crippen LogP contribution < -0.4 is 25.3 Å². The molecule has 2 aromatic carbocycles. The second-order valence-corrected chi connectivity index (χ2v) is 7.74. The number of sulfonamides is 1. The van der Waals surface area contributed by atoms with Gasteiger partial charge in [-0.15, -0.1) is 0 Å². The van der Waals surface area contributed by atoms with Gasteiger partial charge in [0, 0.05) is 20.2 Å². The van der Waals surface area contributed by atoms with Gasteiger partial charge in [-0.2, -0.15) is 0 Å². The third kappa shape index (κ3) is 3.22. The second kappa shape index (κ2) is 7.04. The lowest BCUT2D eigenvalue weighted by Gasteiger charge is -2.13. The molecule has 0 fully saturated rings. The highest BCUT2D eigenvalue weighted by molar-refractivity contribution is 7.92. The van der Waals surface area contributed by atoms with Gasteiger partial charge in [0.15, 0.2) is 11.5 Å². The highest BCUT2D eigenvalue weighted by Crippen LogP contribution is 2.30. The van der Waals surface area contributed by atoms with Gasteiger partial charge in [-0.05, 0) is 30.3 Å². The summed E-state index contributed by atoms with van der Waals surface area (Å²) in [6.45, 7) is 0. The van der Waals surface area contributed by atoms with Crippen LogP contribution in [0.15, 0.2) is 50.9 Å². The predicted octanol–water partition coefficient (Wildman–Crippen LogP) is 1.06. The Morgan fingerprint density at radius 1 is 0.821 bits per heavy atom. The molecule has 0 aliphatic carbocycles. The number of nitrogens with zero attached hydrogens (tertiary/aromatic N) is 2. The minimum Gasteiger partial charge on any atom is -0.493 e. The van der Waals surface area contributed by atoms with Crippen molar-refractivity contribution < 1.29 is 17.9 Å². The maximum Gasteiger partial charge on any atom is 0.316 e. The molecule has 0 saturated heterocycles. The zero-order chi connectivity index (χ0) is 20.6. The number of ether oxygens (including phenoxy) is 2. The van der Waals surface area contributed by atoms with E-state index in [-0.39, 0.29) is 16.3 Å². The summed E-state index contributed by atoms with van der Waals surface area (Å²) >= 11 is 0. The number of hydrogen-bond donors (Lipinski definition) is 1. The maximum absolute atomic E-state index is 12.7. The first-order chi connectivity index (χ1) is 13.2. The molecule has 9 nitrogen and oxygen atoms in total. The van der Waals surface area contributed by atoms with Crippen LogP contribution in [-0.4, -0.2) is 31.8 Å². The monoisotopic (exact) mass is 405 g/mol. The smallest absolute Gasteiger partial charge is 0.316 e. The average Bonchev–Trinajstić information content (AvgIpc) is 2.69. The first-order valence-corrected chi connectivity index (χ1v) is 9.62. The topological polar surface area (TPSA) is 109 Å². The molecule has 148 valence electrons. The Labute approximate surface area is 160 Å². The van der Waals surface area contributed by atoms with Gasteiger partial charge in [-0.3, -0.25) is 14.3 Å². The summed E-state index contributed by atoms with van der Waals surface area (Å²) in [5.74, 6) is 0.685. The Morgan fingerprint density at radius 3 is 2.04 bits per heavy atom. The molecule has 1 aromatic heterocycles. The third-order valence-electron chi connectivity index (χ3n) is 4.41. The van der Waals surface area contributed by atoms with Gasteiger partial charge in [-0.1, -0.05) is 0 Å². The van der Waals surface area contributed by atoms with Gasteiger partial charge in [-0.25, -0.2) is 8.42 Å². The largest absolute Gasteiger partial charge is 0.493 e. The Hall–Kier alpha value is -3.27. The predicted molar refractivity (Wildman–Crippen MR) is 105 cm³/mol. The van der Waals surface area contributed by atoms with Crippen molar-refractivity contribution in [3.63, 3.8) is 0 Å². The van der Waals surface area contributed by atoms with Crippen molar-refractivity contribution in [2.45, 2.75) is 4.90 Å². The summed E-state index contributed by atoms with van der Waals surface area (Å²) in [4.78, 5) is 23.9. The Balaban J connectivity index is 2.07. The molecule has 0 atom stereocenters. The lowest BCUT2D eigenvalue weighted by Crippen LogP contribution is -2.39. The SMILES string of the molecule is COc1ccc(S(=O)(=O)Nc2ccc3c(c2)n(C)c(=O)c(=O)n3C)cc1OC. The van der Waals surface area contributed by atoms with E-state index in [0.29, 0.717) is 16.8 Å². The molecule has 3 aromatic rings. The molecule has 0 amide bonds. The molecule has 0 spiro atoms. The van der Waals surface area contributed by atoms with E-state index in [1.807, 2.05) is 0 Å². The normalized spacial score (nSPS) is 11.4. The lowest BCUT2D eigenvalue weighted by molar-refractivity contribution is 0.354. The van der Waals surface area contributed by atoms with E-state index >= 15 is 0 Å². The fourth-order valence-electron chi connectivity index (χ4n) is 2.84. The van der Waals surface area contributed by atoms with Crippen molar-refractivity contribution in [1.29, 1.82) is 0 Å². The quantitative estimate of drug-likeness (QED) is 0.636. The molecule has 28 heavy (non-hydrogen) atoms. The molecule has 1 N–H and O–H groups in total. The van der Waals surface area contributed by atoms with E-state index in [0.717, 1.165) is 0 Å². The van der Waals surface area contributed by atoms with Gasteiger partial charge in [0.25, 0.3) is 10.0 Å². The molecular weight excluding hydrogens is 386 g/mol. The minimum atomic E-state index is -3.92. The van der Waals surface area contributed by atoms with Crippen LogP contribution in [0.25, 0.3) is 11.0 Å². The second-order valence-electron chi connectivity index (χ2n) is 6.05.